The van der Waals surface area contributed by atoms with Gasteiger partial charge in [-0.1, -0.05) is 13.0 Å². The lowest BCUT2D eigenvalue weighted by Crippen LogP contribution is -2.16. The zero-order valence-electron chi connectivity index (χ0n) is 6.71. The van der Waals surface area contributed by atoms with Crippen molar-refractivity contribution in [1.82, 2.24) is 0 Å². The van der Waals surface area contributed by atoms with Crippen LogP contribution in [0.25, 0.3) is 0 Å². The van der Waals surface area contributed by atoms with Crippen LogP contribution in [-0.4, -0.2) is 24.9 Å². The maximum atomic E-state index is 9.18. The van der Waals surface area contributed by atoms with Crippen LogP contribution in [-0.2, 0) is 4.74 Å². The van der Waals surface area contributed by atoms with Crippen LogP contribution in [0, 0.1) is 5.92 Å². The monoisotopic (exact) mass is 144 g/mol. The summed E-state index contributed by atoms with van der Waals surface area (Å²) < 4.78 is 4.76. The summed E-state index contributed by atoms with van der Waals surface area (Å²) in [5, 5.41) is 9.18. The number of rotatable bonds is 5. The number of aliphatic hydroxyl groups excluding tert-OH is 1. The molecule has 0 aliphatic heterocycles. The van der Waals surface area contributed by atoms with E-state index < -0.39 is 0 Å². The molecule has 0 spiro atoms. The summed E-state index contributed by atoms with van der Waals surface area (Å²) in [4.78, 5) is 0. The Morgan fingerprint density at radius 2 is 2.30 bits per heavy atom. The minimum atomic E-state index is -0.349. The molecule has 0 amide bonds. The van der Waals surface area contributed by atoms with Crippen molar-refractivity contribution >= 4 is 0 Å². The van der Waals surface area contributed by atoms with Crippen molar-refractivity contribution in [1.29, 1.82) is 0 Å². The van der Waals surface area contributed by atoms with E-state index in [1.165, 1.54) is 0 Å². The van der Waals surface area contributed by atoms with Gasteiger partial charge in [0.1, 0.15) is 0 Å². The highest BCUT2D eigenvalue weighted by molar-refractivity contribution is 4.77. The van der Waals surface area contributed by atoms with E-state index in [0.29, 0.717) is 12.5 Å². The van der Waals surface area contributed by atoms with Gasteiger partial charge < -0.3 is 9.84 Å². The molecule has 0 saturated heterocycles. The van der Waals surface area contributed by atoms with E-state index in [-0.39, 0.29) is 6.10 Å². The van der Waals surface area contributed by atoms with Gasteiger partial charge in [0.05, 0.1) is 12.7 Å². The molecule has 0 bridgehead atoms. The summed E-state index contributed by atoms with van der Waals surface area (Å²) >= 11 is 0. The SMILES string of the molecule is C=C[C@@H](C)C[C@@H](O)COC. The second-order valence-corrected chi connectivity index (χ2v) is 2.56. The van der Waals surface area contributed by atoms with Crippen LogP contribution >= 0.6 is 0 Å². The van der Waals surface area contributed by atoms with Crippen molar-refractivity contribution in [3.8, 4) is 0 Å². The van der Waals surface area contributed by atoms with Gasteiger partial charge in [-0.3, -0.25) is 0 Å². The number of allylic oxidation sites excluding steroid dienone is 1. The molecule has 0 aliphatic carbocycles. The van der Waals surface area contributed by atoms with E-state index in [0.717, 1.165) is 6.42 Å². The number of hydrogen-bond acceptors (Lipinski definition) is 2. The minimum Gasteiger partial charge on any atom is -0.391 e. The van der Waals surface area contributed by atoms with Crippen molar-refractivity contribution in [2.45, 2.75) is 19.4 Å². The van der Waals surface area contributed by atoms with Gasteiger partial charge >= 0.3 is 0 Å². The maximum Gasteiger partial charge on any atom is 0.0779 e. The molecule has 60 valence electrons. The maximum absolute atomic E-state index is 9.18. The molecular formula is C8H16O2. The summed E-state index contributed by atoms with van der Waals surface area (Å²) in [5.74, 6) is 0.366. The highest BCUT2D eigenvalue weighted by Gasteiger charge is 2.05. The molecule has 0 aromatic carbocycles. The smallest absolute Gasteiger partial charge is 0.0779 e. The van der Waals surface area contributed by atoms with Crippen LogP contribution in [0.1, 0.15) is 13.3 Å². The summed E-state index contributed by atoms with van der Waals surface area (Å²) in [5.41, 5.74) is 0. The van der Waals surface area contributed by atoms with Crippen LogP contribution in [0.4, 0.5) is 0 Å². The molecule has 10 heavy (non-hydrogen) atoms. The summed E-state index contributed by atoms with van der Waals surface area (Å²) in [6, 6.07) is 0. The van der Waals surface area contributed by atoms with Crippen LogP contribution in [0.3, 0.4) is 0 Å². The Hall–Kier alpha value is -0.340. The minimum absolute atomic E-state index is 0.349. The zero-order valence-corrected chi connectivity index (χ0v) is 6.71. The predicted octanol–water partition coefficient (Wildman–Crippen LogP) is 1.21. The number of methoxy groups -OCH3 is 1. The molecule has 0 aromatic rings. The van der Waals surface area contributed by atoms with Gasteiger partial charge in [-0.05, 0) is 12.3 Å². The summed E-state index contributed by atoms with van der Waals surface area (Å²) in [7, 11) is 1.59. The molecule has 2 nitrogen and oxygen atoms in total. The van der Waals surface area contributed by atoms with Crippen molar-refractivity contribution < 1.29 is 9.84 Å². The van der Waals surface area contributed by atoms with Crippen LogP contribution in [0.15, 0.2) is 12.7 Å². The first-order valence-corrected chi connectivity index (χ1v) is 3.50. The van der Waals surface area contributed by atoms with Gasteiger partial charge in [0.15, 0.2) is 0 Å². The topological polar surface area (TPSA) is 29.5 Å². The van der Waals surface area contributed by atoms with Gasteiger partial charge in [-0.2, -0.15) is 0 Å². The van der Waals surface area contributed by atoms with Gasteiger partial charge in [0.25, 0.3) is 0 Å². The zero-order chi connectivity index (χ0) is 7.98. The second-order valence-electron chi connectivity index (χ2n) is 2.56. The first kappa shape index (κ1) is 9.66. The molecule has 0 aliphatic rings. The van der Waals surface area contributed by atoms with Crippen molar-refractivity contribution in [3.63, 3.8) is 0 Å². The molecule has 0 unspecified atom stereocenters. The molecule has 0 radical (unpaired) electrons. The lowest BCUT2D eigenvalue weighted by atomic mass is 10.0. The summed E-state index contributed by atoms with van der Waals surface area (Å²) in [6.07, 6.45) is 2.22. The Bertz CT molecular complexity index is 91.3. The number of ether oxygens (including phenoxy) is 1. The van der Waals surface area contributed by atoms with E-state index in [1.807, 2.05) is 13.0 Å². The van der Waals surface area contributed by atoms with Crippen molar-refractivity contribution in [3.05, 3.63) is 12.7 Å². The van der Waals surface area contributed by atoms with Gasteiger partial charge in [0.2, 0.25) is 0 Å². The Kier molecular flexibility index (Phi) is 5.26. The normalized spacial score (nSPS) is 16.3. The molecule has 0 aromatic heterocycles. The molecule has 0 fully saturated rings. The fourth-order valence-electron chi connectivity index (χ4n) is 0.786. The van der Waals surface area contributed by atoms with Gasteiger partial charge in [-0.15, -0.1) is 6.58 Å². The highest BCUT2D eigenvalue weighted by Crippen LogP contribution is 2.06. The lowest BCUT2D eigenvalue weighted by Gasteiger charge is -2.11. The quantitative estimate of drug-likeness (QED) is 0.588. The number of hydrogen-bond donors (Lipinski definition) is 1. The van der Waals surface area contributed by atoms with E-state index in [9.17, 15) is 5.11 Å². The largest absolute Gasteiger partial charge is 0.391 e. The average Bonchev–Trinajstić information content (AvgIpc) is 1.88. The molecule has 2 atom stereocenters. The molecule has 0 rings (SSSR count). The Balaban J connectivity index is 3.36. The van der Waals surface area contributed by atoms with Crippen molar-refractivity contribution in [2.75, 3.05) is 13.7 Å². The van der Waals surface area contributed by atoms with E-state index >= 15 is 0 Å². The van der Waals surface area contributed by atoms with Crippen LogP contribution < -0.4 is 0 Å². The molecule has 1 N–H and O–H groups in total. The molecule has 0 heterocycles. The Morgan fingerprint density at radius 3 is 2.70 bits per heavy atom. The lowest BCUT2D eigenvalue weighted by molar-refractivity contribution is 0.0536. The second kappa shape index (κ2) is 5.45. The van der Waals surface area contributed by atoms with E-state index in [2.05, 4.69) is 6.58 Å². The van der Waals surface area contributed by atoms with Crippen LogP contribution in [0.2, 0.25) is 0 Å². The molecule has 2 heteroatoms. The molecule has 0 saturated carbocycles. The van der Waals surface area contributed by atoms with Crippen molar-refractivity contribution in [2.24, 2.45) is 5.92 Å². The van der Waals surface area contributed by atoms with Crippen LogP contribution in [0.5, 0.6) is 0 Å². The predicted molar refractivity (Wildman–Crippen MR) is 41.9 cm³/mol. The number of aliphatic hydroxyl groups is 1. The third-order valence-electron chi connectivity index (χ3n) is 1.41. The van der Waals surface area contributed by atoms with Gasteiger partial charge in [0, 0.05) is 7.11 Å². The fraction of sp³-hybridized carbons (Fsp3) is 0.750. The Labute approximate surface area is 62.5 Å². The Morgan fingerprint density at radius 1 is 1.70 bits per heavy atom. The van der Waals surface area contributed by atoms with E-state index in [1.54, 1.807) is 7.11 Å². The first-order chi connectivity index (χ1) is 4.70. The summed E-state index contributed by atoms with van der Waals surface area (Å²) in [6.45, 7) is 6.06. The highest BCUT2D eigenvalue weighted by atomic mass is 16.5. The third kappa shape index (κ3) is 4.53. The standard InChI is InChI=1S/C8H16O2/c1-4-7(2)5-8(9)6-10-3/h4,7-9H,1,5-6H2,2-3H3/t7-,8-/m1/s1. The molecular weight excluding hydrogens is 128 g/mol. The fourth-order valence-corrected chi connectivity index (χ4v) is 0.786. The first-order valence-electron chi connectivity index (χ1n) is 3.50. The third-order valence-corrected chi connectivity index (χ3v) is 1.41. The average molecular weight is 144 g/mol. The van der Waals surface area contributed by atoms with Gasteiger partial charge in [-0.25, -0.2) is 0 Å². The van der Waals surface area contributed by atoms with E-state index in [4.69, 9.17) is 4.74 Å².